The van der Waals surface area contributed by atoms with E-state index in [4.69, 9.17) is 10.5 Å². The van der Waals surface area contributed by atoms with Crippen LogP contribution in [-0.2, 0) is 21.3 Å². The monoisotopic (exact) mass is 420 g/mol. The van der Waals surface area contributed by atoms with E-state index in [0.717, 1.165) is 17.7 Å². The number of benzene rings is 1. The summed E-state index contributed by atoms with van der Waals surface area (Å²) in [5.74, 6) is 0.368. The molecule has 2 rings (SSSR count). The Bertz CT molecular complexity index is 870. The van der Waals surface area contributed by atoms with E-state index in [0.29, 0.717) is 31.4 Å². The molecule has 0 amide bonds. The molecule has 0 aliphatic carbocycles. The van der Waals surface area contributed by atoms with Crippen LogP contribution >= 0.6 is 0 Å². The first-order valence-corrected chi connectivity index (χ1v) is 11.3. The molecule has 0 aliphatic heterocycles. The lowest BCUT2D eigenvalue weighted by molar-refractivity contribution is 0.0954. The fourth-order valence-corrected chi connectivity index (χ4v) is 4.38. The van der Waals surface area contributed by atoms with Crippen molar-refractivity contribution in [1.29, 1.82) is 0 Å². The van der Waals surface area contributed by atoms with Gasteiger partial charge in [0.15, 0.2) is 0 Å². The van der Waals surface area contributed by atoms with Gasteiger partial charge < -0.3 is 15.8 Å². The van der Waals surface area contributed by atoms with Crippen LogP contribution in [0.3, 0.4) is 0 Å². The maximum atomic E-state index is 13.1. The molecule has 0 saturated heterocycles. The Morgan fingerprint density at radius 3 is 2.48 bits per heavy atom. The Morgan fingerprint density at radius 2 is 1.90 bits per heavy atom. The van der Waals surface area contributed by atoms with Crippen LogP contribution in [0.25, 0.3) is 0 Å². The van der Waals surface area contributed by atoms with E-state index < -0.39 is 10.0 Å². The van der Waals surface area contributed by atoms with Gasteiger partial charge in [0.05, 0.1) is 29.1 Å². The fraction of sp³-hybridized carbons (Fsp3) is 0.476. The van der Waals surface area contributed by atoms with E-state index >= 15 is 0 Å². The number of hydrogen-bond donors (Lipinski definition) is 2. The SMILES string of the molecule is CCOC[C@H](CC(C)C)N(C)S(=O)(=O)c1ccc(CNc2ccncc2N)cc1. The molecule has 3 N–H and O–H groups in total. The highest BCUT2D eigenvalue weighted by Crippen LogP contribution is 2.22. The first kappa shape index (κ1) is 23.1. The minimum Gasteiger partial charge on any atom is -0.396 e. The minimum absolute atomic E-state index is 0.198. The molecule has 29 heavy (non-hydrogen) atoms. The predicted molar refractivity (Wildman–Crippen MR) is 117 cm³/mol. The number of ether oxygens (including phenoxy) is 1. The van der Waals surface area contributed by atoms with Gasteiger partial charge in [-0.05, 0) is 43.0 Å². The Morgan fingerprint density at radius 1 is 1.21 bits per heavy atom. The van der Waals surface area contributed by atoms with Crippen LogP contribution < -0.4 is 11.1 Å². The van der Waals surface area contributed by atoms with E-state index in [1.807, 2.05) is 19.1 Å². The van der Waals surface area contributed by atoms with Gasteiger partial charge in [-0.25, -0.2) is 8.42 Å². The van der Waals surface area contributed by atoms with Crippen molar-refractivity contribution < 1.29 is 13.2 Å². The van der Waals surface area contributed by atoms with Crippen molar-refractivity contribution in [2.75, 3.05) is 31.3 Å². The van der Waals surface area contributed by atoms with E-state index in [1.165, 1.54) is 4.31 Å². The van der Waals surface area contributed by atoms with Crippen LogP contribution in [0.4, 0.5) is 11.4 Å². The van der Waals surface area contributed by atoms with Gasteiger partial charge in [-0.3, -0.25) is 4.98 Å². The maximum Gasteiger partial charge on any atom is 0.243 e. The number of nitrogens with two attached hydrogens (primary N) is 1. The summed E-state index contributed by atoms with van der Waals surface area (Å²) in [5, 5.41) is 3.23. The molecule has 0 unspecified atom stereocenters. The third-order valence-corrected chi connectivity index (χ3v) is 6.63. The molecule has 1 aromatic carbocycles. The summed E-state index contributed by atoms with van der Waals surface area (Å²) < 4.78 is 33.1. The maximum absolute atomic E-state index is 13.1. The zero-order valence-corrected chi connectivity index (χ0v) is 18.4. The number of nitrogens with one attached hydrogen (secondary N) is 1. The number of likely N-dealkylation sites (N-methyl/N-ethyl adjacent to an activating group) is 1. The molecule has 0 aliphatic rings. The summed E-state index contributed by atoms with van der Waals surface area (Å²) in [6.45, 7) is 7.55. The number of anilines is 2. The number of rotatable bonds is 11. The van der Waals surface area contributed by atoms with Crippen LogP contribution in [0, 0.1) is 5.92 Å². The van der Waals surface area contributed by atoms with Crippen molar-refractivity contribution in [3.8, 4) is 0 Å². The largest absolute Gasteiger partial charge is 0.396 e. The second kappa shape index (κ2) is 10.6. The summed E-state index contributed by atoms with van der Waals surface area (Å²) in [6.07, 6.45) is 3.99. The molecule has 1 heterocycles. The van der Waals surface area contributed by atoms with Crippen molar-refractivity contribution >= 4 is 21.4 Å². The summed E-state index contributed by atoms with van der Waals surface area (Å²) in [6, 6.07) is 8.51. The Kier molecular flexibility index (Phi) is 8.43. The standard InChI is InChI=1S/C21H32N4O3S/c1-5-28-15-18(12-16(2)3)25(4)29(26,27)19-8-6-17(7-9-19)13-24-21-10-11-23-14-20(21)22/h6-11,14,16,18H,5,12-13,15,22H2,1-4H3,(H,23,24)/t18-/m0/s1. The molecule has 0 fully saturated rings. The van der Waals surface area contributed by atoms with Gasteiger partial charge in [0, 0.05) is 32.4 Å². The lowest BCUT2D eigenvalue weighted by Gasteiger charge is -2.28. The Balaban J connectivity index is 2.10. The normalized spacial score (nSPS) is 13.0. The third kappa shape index (κ3) is 6.42. The van der Waals surface area contributed by atoms with Gasteiger partial charge in [0.25, 0.3) is 0 Å². The molecule has 8 heteroatoms. The molecule has 0 spiro atoms. The van der Waals surface area contributed by atoms with Gasteiger partial charge >= 0.3 is 0 Å². The highest BCUT2D eigenvalue weighted by molar-refractivity contribution is 7.89. The van der Waals surface area contributed by atoms with E-state index in [1.54, 1.807) is 37.6 Å². The number of sulfonamides is 1. The zero-order valence-electron chi connectivity index (χ0n) is 17.6. The van der Waals surface area contributed by atoms with Crippen LogP contribution in [0.1, 0.15) is 32.8 Å². The van der Waals surface area contributed by atoms with Crippen molar-refractivity contribution in [2.45, 2.75) is 44.7 Å². The molecular formula is C21H32N4O3S. The molecule has 2 aromatic rings. The second-order valence-electron chi connectivity index (χ2n) is 7.42. The summed E-state index contributed by atoms with van der Waals surface area (Å²) in [7, 11) is -1.97. The van der Waals surface area contributed by atoms with Crippen molar-refractivity contribution in [3.05, 3.63) is 48.3 Å². The van der Waals surface area contributed by atoms with Gasteiger partial charge in [-0.15, -0.1) is 0 Å². The smallest absolute Gasteiger partial charge is 0.243 e. The quantitative estimate of drug-likeness (QED) is 0.579. The van der Waals surface area contributed by atoms with Crippen molar-refractivity contribution in [1.82, 2.24) is 9.29 Å². The number of nitrogens with zero attached hydrogens (tertiary/aromatic N) is 2. The number of nitrogen functional groups attached to an aromatic ring is 1. The third-order valence-electron chi connectivity index (χ3n) is 4.71. The molecule has 7 nitrogen and oxygen atoms in total. The molecule has 0 saturated carbocycles. The lowest BCUT2D eigenvalue weighted by Crippen LogP contribution is -2.41. The minimum atomic E-state index is -3.60. The Labute approximate surface area is 174 Å². The van der Waals surface area contributed by atoms with E-state index in [-0.39, 0.29) is 10.9 Å². The molecule has 160 valence electrons. The van der Waals surface area contributed by atoms with Crippen LogP contribution in [-0.4, -0.2) is 44.0 Å². The number of aromatic nitrogens is 1. The lowest BCUT2D eigenvalue weighted by atomic mass is 10.0. The topological polar surface area (TPSA) is 97.5 Å². The van der Waals surface area contributed by atoms with Crippen LogP contribution in [0.5, 0.6) is 0 Å². The van der Waals surface area contributed by atoms with Gasteiger partial charge in [0.1, 0.15) is 0 Å². The van der Waals surface area contributed by atoms with Gasteiger partial charge in [-0.2, -0.15) is 4.31 Å². The average Bonchev–Trinajstić information content (AvgIpc) is 2.70. The zero-order chi connectivity index (χ0) is 21.4. The number of hydrogen-bond acceptors (Lipinski definition) is 6. The highest BCUT2D eigenvalue weighted by Gasteiger charge is 2.28. The molecule has 1 atom stereocenters. The molecular weight excluding hydrogens is 388 g/mol. The molecule has 0 radical (unpaired) electrons. The van der Waals surface area contributed by atoms with Gasteiger partial charge in [-0.1, -0.05) is 26.0 Å². The van der Waals surface area contributed by atoms with Crippen molar-refractivity contribution in [3.63, 3.8) is 0 Å². The molecule has 0 bridgehead atoms. The number of pyridine rings is 1. The first-order chi connectivity index (χ1) is 13.8. The van der Waals surface area contributed by atoms with Crippen LogP contribution in [0.15, 0.2) is 47.6 Å². The molecule has 1 aromatic heterocycles. The second-order valence-corrected chi connectivity index (χ2v) is 9.42. The highest BCUT2D eigenvalue weighted by atomic mass is 32.2. The fourth-order valence-electron chi connectivity index (χ4n) is 3.03. The summed E-state index contributed by atoms with van der Waals surface area (Å²) >= 11 is 0. The van der Waals surface area contributed by atoms with Gasteiger partial charge in [0.2, 0.25) is 10.0 Å². The van der Waals surface area contributed by atoms with Crippen LogP contribution in [0.2, 0.25) is 0 Å². The summed E-state index contributed by atoms with van der Waals surface area (Å²) in [4.78, 5) is 4.24. The van der Waals surface area contributed by atoms with E-state index in [9.17, 15) is 8.42 Å². The summed E-state index contributed by atoms with van der Waals surface area (Å²) in [5.41, 5.74) is 8.19. The van der Waals surface area contributed by atoms with E-state index in [2.05, 4.69) is 24.1 Å². The van der Waals surface area contributed by atoms with Crippen molar-refractivity contribution in [2.24, 2.45) is 5.92 Å². The Hall–Kier alpha value is -2.16. The average molecular weight is 421 g/mol. The first-order valence-electron chi connectivity index (χ1n) is 9.83. The predicted octanol–water partition coefficient (Wildman–Crippen LogP) is 3.35.